The minimum atomic E-state index is -0.686. The van der Waals surface area contributed by atoms with E-state index >= 15 is 0 Å². The van der Waals surface area contributed by atoms with Gasteiger partial charge in [0.15, 0.2) is 0 Å². The van der Waals surface area contributed by atoms with E-state index in [9.17, 15) is 14.4 Å². The van der Waals surface area contributed by atoms with E-state index in [2.05, 4.69) is 17.6 Å². The molecule has 8 heteroatoms. The molecule has 1 saturated carbocycles. The van der Waals surface area contributed by atoms with Crippen LogP contribution in [0, 0.1) is 5.92 Å². The normalized spacial score (nSPS) is 28.1. The highest BCUT2D eigenvalue weighted by atomic mass is 16.5. The number of fused-ring (bicyclic) bond motifs is 1. The topological polar surface area (TPSA) is 97.0 Å². The lowest BCUT2D eigenvalue weighted by molar-refractivity contribution is -0.136. The molecule has 2 N–H and O–H groups in total. The summed E-state index contributed by atoms with van der Waals surface area (Å²) in [6, 6.07) is 5.35. The van der Waals surface area contributed by atoms with Crippen LogP contribution >= 0.6 is 0 Å². The first-order valence-electron chi connectivity index (χ1n) is 11.6. The van der Waals surface area contributed by atoms with E-state index in [0.29, 0.717) is 48.9 Å². The molecule has 3 unspecified atom stereocenters. The number of carbonyl (C=O) groups is 3. The Kier molecular flexibility index (Phi) is 6.58. The van der Waals surface area contributed by atoms with Crippen LogP contribution < -0.4 is 20.1 Å². The average Bonchev–Trinajstić information content (AvgIpc) is 3.02. The van der Waals surface area contributed by atoms with Gasteiger partial charge in [0.25, 0.3) is 5.91 Å². The average molecular weight is 444 g/mol. The van der Waals surface area contributed by atoms with Crippen LogP contribution in [0.5, 0.6) is 11.5 Å². The number of hydrogen-bond donors (Lipinski definition) is 2. The van der Waals surface area contributed by atoms with Gasteiger partial charge in [-0.3, -0.25) is 14.4 Å². The largest absolute Gasteiger partial charge is 0.497 e. The molecule has 0 aromatic heterocycles. The second kappa shape index (κ2) is 9.38. The molecule has 2 heterocycles. The Labute approximate surface area is 189 Å². The van der Waals surface area contributed by atoms with Gasteiger partial charge in [0, 0.05) is 25.4 Å². The van der Waals surface area contributed by atoms with Gasteiger partial charge in [-0.1, -0.05) is 19.8 Å². The van der Waals surface area contributed by atoms with Gasteiger partial charge >= 0.3 is 0 Å². The Morgan fingerprint density at radius 1 is 1.28 bits per heavy atom. The number of rotatable bonds is 4. The Balaban J connectivity index is 1.42. The number of amides is 3. The Hall–Kier alpha value is -2.77. The van der Waals surface area contributed by atoms with Crippen molar-refractivity contribution in [2.24, 2.45) is 5.92 Å². The fourth-order valence-electron chi connectivity index (χ4n) is 4.99. The third-order valence-corrected chi connectivity index (χ3v) is 7.11. The molecule has 1 aliphatic carbocycles. The molecule has 3 aliphatic rings. The number of methoxy groups -OCH3 is 1. The molecule has 3 amide bonds. The van der Waals surface area contributed by atoms with Gasteiger partial charge in [-0.25, -0.2) is 0 Å². The van der Waals surface area contributed by atoms with Crippen molar-refractivity contribution in [3.05, 3.63) is 23.8 Å². The molecule has 4 rings (SSSR count). The first-order valence-corrected chi connectivity index (χ1v) is 11.6. The van der Waals surface area contributed by atoms with Gasteiger partial charge in [0.1, 0.15) is 17.1 Å². The summed E-state index contributed by atoms with van der Waals surface area (Å²) in [6.45, 7) is 2.97. The highest BCUT2D eigenvalue weighted by molar-refractivity contribution is 5.97. The number of ether oxygens (including phenoxy) is 2. The number of likely N-dealkylation sites (tertiary alicyclic amines) is 1. The van der Waals surface area contributed by atoms with Crippen LogP contribution in [0.4, 0.5) is 0 Å². The molecule has 8 nitrogen and oxygen atoms in total. The highest BCUT2D eigenvalue weighted by Gasteiger charge is 2.40. The quantitative estimate of drug-likeness (QED) is 0.744. The standard InChI is InChI=1S/C24H33N3O5/c1-16-5-3-4-6-19(16)26-21(28)14-27-12-11-24(10-9-22(27)29)15-25-23(30)18-13-17(31-2)7-8-20(18)32-24/h7-8,13,16,19H,3-6,9-12,14-15H2,1-2H3,(H,25,30)(H,26,28). The third kappa shape index (κ3) is 4.84. The summed E-state index contributed by atoms with van der Waals surface area (Å²) in [4.78, 5) is 39.7. The molecule has 1 aromatic rings. The number of benzene rings is 1. The molecule has 2 aliphatic heterocycles. The van der Waals surface area contributed by atoms with Crippen molar-refractivity contribution < 1.29 is 23.9 Å². The molecule has 174 valence electrons. The van der Waals surface area contributed by atoms with Crippen LogP contribution in [0.15, 0.2) is 18.2 Å². The van der Waals surface area contributed by atoms with Crippen molar-refractivity contribution in [2.75, 3.05) is 26.7 Å². The highest BCUT2D eigenvalue weighted by Crippen LogP contribution is 2.35. The molecule has 1 saturated heterocycles. The summed E-state index contributed by atoms with van der Waals surface area (Å²) in [7, 11) is 1.55. The predicted molar refractivity (Wildman–Crippen MR) is 119 cm³/mol. The van der Waals surface area contributed by atoms with Crippen molar-refractivity contribution >= 4 is 17.7 Å². The summed E-state index contributed by atoms with van der Waals surface area (Å²) in [5, 5.41) is 6.08. The van der Waals surface area contributed by atoms with Crippen LogP contribution in [0.3, 0.4) is 0 Å². The SMILES string of the molecule is COc1ccc2c(c1)C(=O)NCC1(CCC(=O)N(CC(=O)NC3CCCCC3C)CC1)O2. The monoisotopic (exact) mass is 443 g/mol. The zero-order valence-electron chi connectivity index (χ0n) is 18.9. The van der Waals surface area contributed by atoms with Gasteiger partial charge in [0.2, 0.25) is 11.8 Å². The molecule has 0 radical (unpaired) electrons. The second-order valence-electron chi connectivity index (χ2n) is 9.33. The van der Waals surface area contributed by atoms with E-state index in [4.69, 9.17) is 9.47 Å². The van der Waals surface area contributed by atoms with Gasteiger partial charge < -0.3 is 25.0 Å². The maximum atomic E-state index is 12.8. The molecular weight excluding hydrogens is 410 g/mol. The van der Waals surface area contributed by atoms with Gasteiger partial charge in [0.05, 0.1) is 25.8 Å². The van der Waals surface area contributed by atoms with Crippen molar-refractivity contribution in [1.29, 1.82) is 0 Å². The summed E-state index contributed by atoms with van der Waals surface area (Å²) in [6.07, 6.45) is 5.78. The summed E-state index contributed by atoms with van der Waals surface area (Å²) in [5.41, 5.74) is -0.261. The molecule has 1 spiro atoms. The molecule has 32 heavy (non-hydrogen) atoms. The van der Waals surface area contributed by atoms with Crippen LogP contribution in [-0.4, -0.2) is 61.0 Å². The van der Waals surface area contributed by atoms with E-state index < -0.39 is 5.60 Å². The molecular formula is C24H33N3O5. The number of hydrogen-bond acceptors (Lipinski definition) is 5. The van der Waals surface area contributed by atoms with Crippen LogP contribution in [-0.2, 0) is 9.59 Å². The third-order valence-electron chi connectivity index (χ3n) is 7.11. The maximum absolute atomic E-state index is 12.8. The molecule has 3 atom stereocenters. The van der Waals surface area contributed by atoms with E-state index in [1.54, 1.807) is 30.2 Å². The minimum absolute atomic E-state index is 0.0529. The fraction of sp³-hybridized carbons (Fsp3) is 0.625. The Bertz CT molecular complexity index is 888. The van der Waals surface area contributed by atoms with E-state index in [1.807, 2.05) is 0 Å². The Morgan fingerprint density at radius 3 is 2.88 bits per heavy atom. The lowest BCUT2D eigenvalue weighted by Crippen LogP contribution is -2.48. The predicted octanol–water partition coefficient (Wildman–Crippen LogP) is 2.26. The first-order chi connectivity index (χ1) is 15.4. The van der Waals surface area contributed by atoms with Gasteiger partial charge in [-0.05, 0) is 43.4 Å². The summed E-state index contributed by atoms with van der Waals surface area (Å²) < 4.78 is 11.6. The van der Waals surface area contributed by atoms with E-state index in [1.165, 1.54) is 6.42 Å². The minimum Gasteiger partial charge on any atom is -0.497 e. The van der Waals surface area contributed by atoms with Crippen molar-refractivity contribution in [1.82, 2.24) is 15.5 Å². The van der Waals surface area contributed by atoms with Crippen molar-refractivity contribution in [3.8, 4) is 11.5 Å². The summed E-state index contributed by atoms with van der Waals surface area (Å²) in [5.74, 6) is 1.18. The lowest BCUT2D eigenvalue weighted by Gasteiger charge is -2.32. The van der Waals surface area contributed by atoms with E-state index in [-0.39, 0.29) is 36.7 Å². The molecule has 1 aromatic carbocycles. The number of nitrogens with zero attached hydrogens (tertiary/aromatic N) is 1. The first kappa shape index (κ1) is 22.4. The summed E-state index contributed by atoms with van der Waals surface area (Å²) >= 11 is 0. The van der Waals surface area contributed by atoms with E-state index in [0.717, 1.165) is 19.3 Å². The molecule has 2 fully saturated rings. The molecule has 0 bridgehead atoms. The second-order valence-corrected chi connectivity index (χ2v) is 9.33. The lowest BCUT2D eigenvalue weighted by atomic mass is 9.86. The van der Waals surface area contributed by atoms with Crippen molar-refractivity contribution in [2.45, 2.75) is 63.5 Å². The van der Waals surface area contributed by atoms with Crippen molar-refractivity contribution in [3.63, 3.8) is 0 Å². The fourth-order valence-corrected chi connectivity index (χ4v) is 4.99. The van der Waals surface area contributed by atoms with Gasteiger partial charge in [-0.2, -0.15) is 0 Å². The Morgan fingerprint density at radius 2 is 2.09 bits per heavy atom. The zero-order valence-corrected chi connectivity index (χ0v) is 18.9. The van der Waals surface area contributed by atoms with Crippen LogP contribution in [0.25, 0.3) is 0 Å². The zero-order chi connectivity index (χ0) is 22.7. The smallest absolute Gasteiger partial charge is 0.255 e. The van der Waals surface area contributed by atoms with Crippen LogP contribution in [0.2, 0.25) is 0 Å². The van der Waals surface area contributed by atoms with Crippen LogP contribution in [0.1, 0.15) is 62.2 Å². The van der Waals surface area contributed by atoms with Gasteiger partial charge in [-0.15, -0.1) is 0 Å². The maximum Gasteiger partial charge on any atom is 0.255 e. The number of nitrogens with one attached hydrogen (secondary N) is 2. The number of carbonyl (C=O) groups excluding carboxylic acids is 3.